The molecule has 0 bridgehead atoms. The van der Waals surface area contributed by atoms with Crippen molar-refractivity contribution >= 4 is 34.1 Å². The van der Waals surface area contributed by atoms with Crippen molar-refractivity contribution in [3.8, 4) is 0 Å². The summed E-state index contributed by atoms with van der Waals surface area (Å²) < 4.78 is 0. The van der Waals surface area contributed by atoms with Crippen molar-refractivity contribution in [2.24, 2.45) is 0 Å². The Labute approximate surface area is 121 Å². The Morgan fingerprint density at radius 1 is 1.15 bits per heavy atom. The second-order valence-corrected chi connectivity index (χ2v) is 5.11. The van der Waals surface area contributed by atoms with E-state index in [4.69, 9.17) is 11.6 Å². The molecule has 0 unspecified atom stereocenters. The summed E-state index contributed by atoms with van der Waals surface area (Å²) in [7, 11) is 0. The number of H-pyrrole nitrogens is 1. The van der Waals surface area contributed by atoms with Gasteiger partial charge in [0.05, 0.1) is 10.7 Å². The third-order valence-electron chi connectivity index (χ3n) is 3.14. The molecule has 3 rings (SSSR count). The maximum atomic E-state index is 12.2. The summed E-state index contributed by atoms with van der Waals surface area (Å²) >= 11 is 6.08. The molecule has 0 aliphatic rings. The fraction of sp³-hybridized carbons (Fsp3) is 0.0625. The Morgan fingerprint density at radius 3 is 2.75 bits per heavy atom. The van der Waals surface area contributed by atoms with Crippen LogP contribution in [0.25, 0.3) is 10.9 Å². The van der Waals surface area contributed by atoms with Gasteiger partial charge in [0.25, 0.3) is 5.91 Å². The van der Waals surface area contributed by atoms with Gasteiger partial charge >= 0.3 is 0 Å². The van der Waals surface area contributed by atoms with Crippen molar-refractivity contribution in [2.75, 3.05) is 5.32 Å². The topological polar surface area (TPSA) is 44.9 Å². The smallest absolute Gasteiger partial charge is 0.272 e. The summed E-state index contributed by atoms with van der Waals surface area (Å²) in [5.74, 6) is -0.200. The number of rotatable bonds is 2. The van der Waals surface area contributed by atoms with E-state index in [2.05, 4.69) is 10.3 Å². The van der Waals surface area contributed by atoms with Gasteiger partial charge in [0.15, 0.2) is 0 Å². The van der Waals surface area contributed by atoms with Crippen molar-refractivity contribution < 1.29 is 4.79 Å². The summed E-state index contributed by atoms with van der Waals surface area (Å²) in [6, 6.07) is 15.1. The molecule has 0 spiro atoms. The van der Waals surface area contributed by atoms with Gasteiger partial charge < -0.3 is 10.3 Å². The number of carbonyl (C=O) groups excluding carboxylic acids is 1. The van der Waals surface area contributed by atoms with Gasteiger partial charge in [-0.25, -0.2) is 0 Å². The summed E-state index contributed by atoms with van der Waals surface area (Å²) in [5.41, 5.74) is 3.12. The molecule has 0 saturated heterocycles. The van der Waals surface area contributed by atoms with E-state index >= 15 is 0 Å². The van der Waals surface area contributed by atoms with Crippen molar-refractivity contribution in [3.05, 3.63) is 64.8 Å². The molecule has 1 amide bonds. The molecular formula is C16H13ClN2O. The number of anilines is 1. The second-order valence-electron chi connectivity index (χ2n) is 4.71. The van der Waals surface area contributed by atoms with Crippen LogP contribution in [-0.4, -0.2) is 10.9 Å². The standard InChI is InChI=1S/C16H13ClN2O/c1-10-6-7-12(17)14(8-10)19-16(20)15-9-11-4-2-3-5-13(11)18-15/h2-9,18H,1H3,(H,19,20). The molecule has 0 aliphatic heterocycles. The average Bonchev–Trinajstić information content (AvgIpc) is 2.87. The number of aryl methyl sites for hydroxylation is 1. The highest BCUT2D eigenvalue weighted by Gasteiger charge is 2.11. The van der Waals surface area contributed by atoms with Crippen LogP contribution >= 0.6 is 11.6 Å². The number of benzene rings is 2. The number of para-hydroxylation sites is 1. The SMILES string of the molecule is Cc1ccc(Cl)c(NC(=O)c2cc3ccccc3[nH]2)c1. The number of fused-ring (bicyclic) bond motifs is 1. The first-order chi connectivity index (χ1) is 9.63. The van der Waals surface area contributed by atoms with Crippen LogP contribution in [0.1, 0.15) is 16.1 Å². The van der Waals surface area contributed by atoms with Gasteiger partial charge in [0, 0.05) is 10.9 Å². The molecular weight excluding hydrogens is 272 g/mol. The van der Waals surface area contributed by atoms with E-state index in [1.165, 1.54) is 0 Å². The van der Waals surface area contributed by atoms with E-state index in [1.54, 1.807) is 6.07 Å². The molecule has 0 aliphatic carbocycles. The summed E-state index contributed by atoms with van der Waals surface area (Å²) in [5, 5.41) is 4.36. The highest BCUT2D eigenvalue weighted by atomic mass is 35.5. The first-order valence-corrected chi connectivity index (χ1v) is 6.66. The number of nitrogens with one attached hydrogen (secondary N) is 2. The minimum atomic E-state index is -0.200. The maximum absolute atomic E-state index is 12.2. The Bertz CT molecular complexity index is 759. The monoisotopic (exact) mass is 284 g/mol. The highest BCUT2D eigenvalue weighted by molar-refractivity contribution is 6.34. The van der Waals surface area contributed by atoms with Gasteiger partial charge in [0.2, 0.25) is 0 Å². The average molecular weight is 285 g/mol. The van der Waals surface area contributed by atoms with Crippen molar-refractivity contribution in [2.45, 2.75) is 6.92 Å². The highest BCUT2D eigenvalue weighted by Crippen LogP contribution is 2.24. The maximum Gasteiger partial charge on any atom is 0.272 e. The van der Waals surface area contributed by atoms with Crippen molar-refractivity contribution in [1.29, 1.82) is 0 Å². The largest absolute Gasteiger partial charge is 0.351 e. The minimum Gasteiger partial charge on any atom is -0.351 e. The van der Waals surface area contributed by atoms with Crippen LogP contribution in [-0.2, 0) is 0 Å². The molecule has 0 saturated carbocycles. The second kappa shape index (κ2) is 5.02. The lowest BCUT2D eigenvalue weighted by atomic mass is 10.2. The van der Waals surface area contributed by atoms with E-state index in [0.29, 0.717) is 16.4 Å². The van der Waals surface area contributed by atoms with Crippen LogP contribution in [0.2, 0.25) is 5.02 Å². The fourth-order valence-electron chi connectivity index (χ4n) is 2.12. The zero-order valence-electron chi connectivity index (χ0n) is 10.9. The predicted octanol–water partition coefficient (Wildman–Crippen LogP) is 4.38. The number of halogens is 1. The number of aromatic nitrogens is 1. The Balaban J connectivity index is 1.90. The Kier molecular flexibility index (Phi) is 3.20. The van der Waals surface area contributed by atoms with Gasteiger partial charge in [-0.2, -0.15) is 0 Å². The van der Waals surface area contributed by atoms with Gasteiger partial charge in [0.1, 0.15) is 5.69 Å². The molecule has 0 fully saturated rings. The van der Waals surface area contributed by atoms with E-state index in [-0.39, 0.29) is 5.91 Å². The van der Waals surface area contributed by atoms with Crippen LogP contribution in [0.3, 0.4) is 0 Å². The molecule has 0 radical (unpaired) electrons. The van der Waals surface area contributed by atoms with E-state index < -0.39 is 0 Å². The fourth-order valence-corrected chi connectivity index (χ4v) is 2.29. The molecule has 1 heterocycles. The lowest BCUT2D eigenvalue weighted by Gasteiger charge is -2.07. The van der Waals surface area contributed by atoms with Crippen LogP contribution in [0.5, 0.6) is 0 Å². The Morgan fingerprint density at radius 2 is 1.95 bits per heavy atom. The zero-order valence-corrected chi connectivity index (χ0v) is 11.7. The first-order valence-electron chi connectivity index (χ1n) is 6.29. The van der Waals surface area contributed by atoms with Gasteiger partial charge in [-0.3, -0.25) is 4.79 Å². The number of hydrogen-bond acceptors (Lipinski definition) is 1. The molecule has 3 nitrogen and oxygen atoms in total. The van der Waals surface area contributed by atoms with E-state index in [1.807, 2.05) is 49.4 Å². The Hall–Kier alpha value is -2.26. The molecule has 100 valence electrons. The molecule has 1 aromatic heterocycles. The normalized spacial score (nSPS) is 10.7. The molecule has 2 aromatic carbocycles. The number of aromatic amines is 1. The first kappa shape index (κ1) is 12.8. The van der Waals surface area contributed by atoms with Gasteiger partial charge in [-0.05, 0) is 36.8 Å². The molecule has 3 aromatic rings. The van der Waals surface area contributed by atoms with Gasteiger partial charge in [-0.15, -0.1) is 0 Å². The van der Waals surface area contributed by atoms with Crippen LogP contribution < -0.4 is 5.32 Å². The predicted molar refractivity (Wildman–Crippen MR) is 82.4 cm³/mol. The summed E-state index contributed by atoms with van der Waals surface area (Å²) in [4.78, 5) is 15.3. The molecule has 2 N–H and O–H groups in total. The van der Waals surface area contributed by atoms with E-state index in [9.17, 15) is 4.79 Å². The van der Waals surface area contributed by atoms with Gasteiger partial charge in [-0.1, -0.05) is 35.9 Å². The van der Waals surface area contributed by atoms with Crippen LogP contribution in [0.4, 0.5) is 5.69 Å². The van der Waals surface area contributed by atoms with E-state index in [0.717, 1.165) is 16.5 Å². The zero-order chi connectivity index (χ0) is 14.1. The van der Waals surface area contributed by atoms with Crippen LogP contribution in [0.15, 0.2) is 48.5 Å². The minimum absolute atomic E-state index is 0.200. The quantitative estimate of drug-likeness (QED) is 0.720. The summed E-state index contributed by atoms with van der Waals surface area (Å²) in [6.07, 6.45) is 0. The molecule has 20 heavy (non-hydrogen) atoms. The molecule has 4 heteroatoms. The number of amides is 1. The third-order valence-corrected chi connectivity index (χ3v) is 3.47. The third kappa shape index (κ3) is 2.40. The van der Waals surface area contributed by atoms with Crippen molar-refractivity contribution in [1.82, 2.24) is 4.98 Å². The number of carbonyl (C=O) groups is 1. The lowest BCUT2D eigenvalue weighted by Crippen LogP contribution is -2.12. The molecule has 0 atom stereocenters. The van der Waals surface area contributed by atoms with Crippen LogP contribution in [0, 0.1) is 6.92 Å². The lowest BCUT2D eigenvalue weighted by molar-refractivity contribution is 0.102. The van der Waals surface area contributed by atoms with Crippen molar-refractivity contribution in [3.63, 3.8) is 0 Å². The number of hydrogen-bond donors (Lipinski definition) is 2. The summed E-state index contributed by atoms with van der Waals surface area (Å²) in [6.45, 7) is 1.95.